The van der Waals surface area contributed by atoms with Gasteiger partial charge in [-0.15, -0.1) is 24.0 Å². The molecule has 0 heterocycles. The summed E-state index contributed by atoms with van der Waals surface area (Å²) in [6, 6.07) is 8.14. The first-order valence-corrected chi connectivity index (χ1v) is 7.95. The number of hydrogen-bond donors (Lipinski definition) is 2. The van der Waals surface area contributed by atoms with Crippen molar-refractivity contribution >= 4 is 29.9 Å². The summed E-state index contributed by atoms with van der Waals surface area (Å²) in [7, 11) is 1.71. The van der Waals surface area contributed by atoms with Crippen molar-refractivity contribution in [2.75, 3.05) is 26.7 Å². The van der Waals surface area contributed by atoms with E-state index >= 15 is 0 Å². The highest BCUT2D eigenvalue weighted by Gasteiger charge is 2.02. The Balaban J connectivity index is 0.00000441. The lowest BCUT2D eigenvalue weighted by Crippen LogP contribution is -2.38. The van der Waals surface area contributed by atoms with Gasteiger partial charge in [0.25, 0.3) is 0 Å². The monoisotopic (exact) mass is 419 g/mol. The molecule has 0 bridgehead atoms. The standard InChI is InChI=1S/C17H29N3O.HI/c1-4-6-9-13-19-17(18-5-2)20-14-12-15-10-7-8-11-16(15)21-3;/h7-8,10-11H,4-6,9,12-14H2,1-3H3,(H2,18,19,20);1H. The van der Waals surface area contributed by atoms with Crippen molar-refractivity contribution in [3.63, 3.8) is 0 Å². The van der Waals surface area contributed by atoms with E-state index in [-0.39, 0.29) is 24.0 Å². The topological polar surface area (TPSA) is 45.7 Å². The molecule has 0 radical (unpaired) electrons. The van der Waals surface area contributed by atoms with Gasteiger partial charge in [-0.1, -0.05) is 38.0 Å². The van der Waals surface area contributed by atoms with E-state index in [1.807, 2.05) is 18.2 Å². The van der Waals surface area contributed by atoms with Crippen LogP contribution in [-0.2, 0) is 6.42 Å². The summed E-state index contributed by atoms with van der Waals surface area (Å²) in [6.45, 7) is 6.91. The number of benzene rings is 1. The Hall–Kier alpha value is -0.980. The fraction of sp³-hybridized carbons (Fsp3) is 0.588. The lowest BCUT2D eigenvalue weighted by atomic mass is 10.1. The Bertz CT molecular complexity index is 424. The van der Waals surface area contributed by atoms with Crippen molar-refractivity contribution in [1.82, 2.24) is 10.6 Å². The molecule has 5 heteroatoms. The number of hydrogen-bond acceptors (Lipinski definition) is 2. The fourth-order valence-electron chi connectivity index (χ4n) is 2.12. The first-order valence-electron chi connectivity index (χ1n) is 7.95. The zero-order chi connectivity index (χ0) is 15.3. The van der Waals surface area contributed by atoms with Gasteiger partial charge in [-0.3, -0.25) is 4.99 Å². The molecule has 1 aromatic carbocycles. The predicted octanol–water partition coefficient (Wildman–Crippen LogP) is 3.60. The summed E-state index contributed by atoms with van der Waals surface area (Å²) in [5, 5.41) is 6.66. The average molecular weight is 419 g/mol. The van der Waals surface area contributed by atoms with E-state index in [0.29, 0.717) is 0 Å². The second-order valence-corrected chi connectivity index (χ2v) is 4.96. The van der Waals surface area contributed by atoms with Crippen LogP contribution in [0.25, 0.3) is 0 Å². The molecule has 0 unspecified atom stereocenters. The quantitative estimate of drug-likeness (QED) is 0.278. The molecule has 0 atom stereocenters. The van der Waals surface area contributed by atoms with Crippen LogP contribution in [-0.4, -0.2) is 32.7 Å². The molecule has 0 aromatic heterocycles. The zero-order valence-corrected chi connectivity index (χ0v) is 16.4. The first-order chi connectivity index (χ1) is 10.3. The number of unbranched alkanes of at least 4 members (excludes halogenated alkanes) is 2. The van der Waals surface area contributed by atoms with Crippen LogP contribution in [0.1, 0.15) is 38.7 Å². The van der Waals surface area contributed by atoms with Gasteiger partial charge in [-0.2, -0.15) is 0 Å². The number of guanidine groups is 1. The first kappa shape index (κ1) is 21.0. The highest BCUT2D eigenvalue weighted by molar-refractivity contribution is 14.0. The van der Waals surface area contributed by atoms with Gasteiger partial charge in [0.15, 0.2) is 5.96 Å². The van der Waals surface area contributed by atoms with Crippen LogP contribution >= 0.6 is 24.0 Å². The molecule has 0 saturated heterocycles. The van der Waals surface area contributed by atoms with Crippen molar-refractivity contribution in [3.05, 3.63) is 29.8 Å². The van der Waals surface area contributed by atoms with Crippen LogP contribution in [0.15, 0.2) is 29.3 Å². The molecule has 126 valence electrons. The average Bonchev–Trinajstić information content (AvgIpc) is 2.52. The summed E-state index contributed by atoms with van der Waals surface area (Å²) < 4.78 is 5.37. The third-order valence-electron chi connectivity index (χ3n) is 3.26. The van der Waals surface area contributed by atoms with Gasteiger partial charge in [-0.25, -0.2) is 0 Å². The van der Waals surface area contributed by atoms with E-state index in [9.17, 15) is 0 Å². The maximum absolute atomic E-state index is 5.37. The fourth-order valence-corrected chi connectivity index (χ4v) is 2.12. The third kappa shape index (κ3) is 8.46. The molecule has 0 aliphatic rings. The van der Waals surface area contributed by atoms with Gasteiger partial charge >= 0.3 is 0 Å². The van der Waals surface area contributed by atoms with Gasteiger partial charge in [0.1, 0.15) is 5.75 Å². The van der Waals surface area contributed by atoms with Crippen LogP contribution in [0.2, 0.25) is 0 Å². The number of halogens is 1. The van der Waals surface area contributed by atoms with Crippen molar-refractivity contribution in [2.24, 2.45) is 4.99 Å². The molecule has 0 fully saturated rings. The number of aliphatic imine (C=N–C) groups is 1. The summed E-state index contributed by atoms with van der Waals surface area (Å²) in [4.78, 5) is 4.59. The maximum atomic E-state index is 5.37. The maximum Gasteiger partial charge on any atom is 0.191 e. The number of methoxy groups -OCH3 is 1. The molecular formula is C17H30IN3O. The van der Waals surface area contributed by atoms with Crippen LogP contribution in [0.5, 0.6) is 5.75 Å². The van der Waals surface area contributed by atoms with E-state index in [4.69, 9.17) is 4.74 Å². The molecule has 0 saturated carbocycles. The molecule has 0 amide bonds. The summed E-state index contributed by atoms with van der Waals surface area (Å²) in [5.41, 5.74) is 1.22. The lowest BCUT2D eigenvalue weighted by Gasteiger charge is -2.12. The van der Waals surface area contributed by atoms with Gasteiger partial charge in [-0.05, 0) is 31.4 Å². The van der Waals surface area contributed by atoms with Gasteiger partial charge in [0.05, 0.1) is 7.11 Å². The Labute approximate surface area is 152 Å². The minimum atomic E-state index is 0. The van der Waals surface area contributed by atoms with Gasteiger partial charge in [0.2, 0.25) is 0 Å². The second kappa shape index (κ2) is 13.7. The highest BCUT2D eigenvalue weighted by atomic mass is 127. The molecule has 2 N–H and O–H groups in total. The van der Waals surface area contributed by atoms with Crippen LogP contribution < -0.4 is 15.4 Å². The molecule has 4 nitrogen and oxygen atoms in total. The molecule has 1 rings (SSSR count). The van der Waals surface area contributed by atoms with Crippen molar-refractivity contribution < 1.29 is 4.74 Å². The van der Waals surface area contributed by atoms with Gasteiger partial charge in [0, 0.05) is 19.6 Å². The summed E-state index contributed by atoms with van der Waals surface area (Å²) >= 11 is 0. The van der Waals surface area contributed by atoms with E-state index in [2.05, 4.69) is 35.5 Å². The van der Waals surface area contributed by atoms with E-state index in [1.54, 1.807) is 7.11 Å². The molecule has 1 aromatic rings. The van der Waals surface area contributed by atoms with Gasteiger partial charge < -0.3 is 15.4 Å². The number of para-hydroxylation sites is 1. The Morgan fingerprint density at radius 1 is 1.14 bits per heavy atom. The van der Waals surface area contributed by atoms with E-state index < -0.39 is 0 Å². The predicted molar refractivity (Wildman–Crippen MR) is 106 cm³/mol. The Morgan fingerprint density at radius 3 is 2.59 bits per heavy atom. The lowest BCUT2D eigenvalue weighted by molar-refractivity contribution is 0.409. The second-order valence-electron chi connectivity index (χ2n) is 4.96. The van der Waals surface area contributed by atoms with E-state index in [0.717, 1.165) is 44.2 Å². The molecule has 22 heavy (non-hydrogen) atoms. The number of nitrogens with one attached hydrogen (secondary N) is 2. The van der Waals surface area contributed by atoms with Crippen molar-refractivity contribution in [3.8, 4) is 5.75 Å². The zero-order valence-electron chi connectivity index (χ0n) is 14.0. The highest BCUT2D eigenvalue weighted by Crippen LogP contribution is 2.17. The van der Waals surface area contributed by atoms with Crippen molar-refractivity contribution in [2.45, 2.75) is 39.5 Å². The summed E-state index contributed by atoms with van der Waals surface area (Å²) in [6.07, 6.45) is 4.54. The van der Waals surface area contributed by atoms with E-state index in [1.165, 1.54) is 18.4 Å². The normalized spacial score (nSPS) is 10.8. The minimum Gasteiger partial charge on any atom is -0.496 e. The third-order valence-corrected chi connectivity index (χ3v) is 3.26. The Morgan fingerprint density at radius 2 is 1.91 bits per heavy atom. The van der Waals surface area contributed by atoms with Crippen LogP contribution in [0.3, 0.4) is 0 Å². The summed E-state index contributed by atoms with van der Waals surface area (Å²) in [5.74, 6) is 1.85. The Kier molecular flexibility index (Phi) is 13.1. The van der Waals surface area contributed by atoms with Crippen LogP contribution in [0, 0.1) is 0 Å². The van der Waals surface area contributed by atoms with Crippen molar-refractivity contribution in [1.29, 1.82) is 0 Å². The SMILES string of the molecule is CCCCCN=C(NCC)NCCc1ccccc1OC.I. The number of rotatable bonds is 9. The molecule has 0 spiro atoms. The molecule has 0 aliphatic carbocycles. The minimum absolute atomic E-state index is 0. The smallest absolute Gasteiger partial charge is 0.191 e. The molecular weight excluding hydrogens is 389 g/mol. The molecule has 0 aliphatic heterocycles. The number of nitrogens with zero attached hydrogens (tertiary/aromatic N) is 1. The van der Waals surface area contributed by atoms with Crippen LogP contribution in [0.4, 0.5) is 0 Å². The number of ether oxygens (including phenoxy) is 1. The largest absolute Gasteiger partial charge is 0.496 e.